The number of amides is 1. The molecular formula is C28H23F7N4O2. The quantitative estimate of drug-likeness (QED) is 0.390. The molecule has 2 heterocycles. The minimum atomic E-state index is -4.57. The summed E-state index contributed by atoms with van der Waals surface area (Å²) in [6.45, 7) is -1.43. The molecule has 2 aromatic heterocycles. The molecule has 0 saturated heterocycles. The summed E-state index contributed by atoms with van der Waals surface area (Å²) < 4.78 is 99.0. The van der Waals surface area contributed by atoms with Gasteiger partial charge in [-0.25, -0.2) is 22.5 Å². The van der Waals surface area contributed by atoms with E-state index >= 15 is 8.78 Å². The van der Waals surface area contributed by atoms with E-state index < -0.39 is 69.5 Å². The first-order valence-corrected chi connectivity index (χ1v) is 13.2. The summed E-state index contributed by atoms with van der Waals surface area (Å²) in [5, 5.41) is 4.71. The second-order valence-electron chi connectivity index (χ2n) is 12.0. The summed E-state index contributed by atoms with van der Waals surface area (Å²) in [6.07, 6.45) is -2.68. The Kier molecular flexibility index (Phi) is 5.13. The molecule has 2 bridgehead atoms. The molecule has 7 rings (SSSR count). The summed E-state index contributed by atoms with van der Waals surface area (Å²) in [4.78, 5) is 31.2. The molecular weight excluding hydrogens is 557 g/mol. The standard InChI is InChI=1S/C28H23F7N4O2/c29-14-1-3-18(17(30)7-14)39-9-16(21(40)15-2-4-20(37-22(15)39)36-13-28(33,34)35)23(41)38-27-11-24(31)8-19-25(27,12-27)5-6-26(19,32)10-24/h1-4,7,9,19H,5-6,8,10-13H2,(H,36,37)(H,38,41). The van der Waals surface area contributed by atoms with E-state index in [4.69, 9.17) is 0 Å². The summed E-state index contributed by atoms with van der Waals surface area (Å²) in [5.74, 6) is -3.65. The van der Waals surface area contributed by atoms with Crippen LogP contribution >= 0.6 is 0 Å². The average molecular weight is 581 g/mol. The van der Waals surface area contributed by atoms with Gasteiger partial charge >= 0.3 is 6.18 Å². The molecule has 13 heteroatoms. The Hall–Kier alpha value is -3.64. The highest BCUT2D eigenvalue weighted by Crippen LogP contribution is 2.82. The smallest absolute Gasteiger partial charge is 0.361 e. The molecule has 1 aromatic carbocycles. The van der Waals surface area contributed by atoms with Crippen molar-refractivity contribution < 1.29 is 35.5 Å². The van der Waals surface area contributed by atoms with Gasteiger partial charge in [-0.2, -0.15) is 13.2 Å². The van der Waals surface area contributed by atoms with Crippen LogP contribution in [0.3, 0.4) is 0 Å². The SMILES string of the molecule is O=C(NC12CC3(F)CC4C(F)(CCC41C2)C3)c1cn(-c2ccc(F)cc2F)c2nc(NCC(F)(F)F)ccc2c1=O. The number of nitrogens with one attached hydrogen (secondary N) is 2. The van der Waals surface area contributed by atoms with E-state index in [2.05, 4.69) is 15.6 Å². The van der Waals surface area contributed by atoms with Gasteiger partial charge in [0.1, 0.15) is 40.9 Å². The van der Waals surface area contributed by atoms with E-state index in [1.54, 1.807) is 0 Å². The maximum absolute atomic E-state index is 15.6. The Morgan fingerprint density at radius 3 is 2.59 bits per heavy atom. The third-order valence-electron chi connectivity index (χ3n) is 9.61. The molecule has 4 aliphatic rings. The lowest BCUT2D eigenvalue weighted by atomic mass is 9.75. The van der Waals surface area contributed by atoms with Gasteiger partial charge in [-0.1, -0.05) is 0 Å². The molecule has 4 fully saturated rings. The Labute approximate surface area is 227 Å². The average Bonchev–Trinajstić information content (AvgIpc) is 3.32. The fraction of sp³-hybridized carbons (Fsp3) is 0.464. The molecule has 216 valence electrons. The van der Waals surface area contributed by atoms with Crippen molar-refractivity contribution in [2.75, 3.05) is 11.9 Å². The molecule has 0 radical (unpaired) electrons. The number of hydrogen-bond donors (Lipinski definition) is 2. The molecule has 0 aliphatic heterocycles. The molecule has 5 atom stereocenters. The highest BCUT2D eigenvalue weighted by molar-refractivity contribution is 5.98. The zero-order valence-electron chi connectivity index (χ0n) is 21.3. The van der Waals surface area contributed by atoms with Crippen LogP contribution in [0.5, 0.6) is 0 Å². The minimum absolute atomic E-state index is 0.0714. The van der Waals surface area contributed by atoms with Crippen LogP contribution in [0.25, 0.3) is 16.7 Å². The van der Waals surface area contributed by atoms with E-state index in [0.29, 0.717) is 18.9 Å². The van der Waals surface area contributed by atoms with E-state index in [0.717, 1.165) is 35.0 Å². The summed E-state index contributed by atoms with van der Waals surface area (Å²) >= 11 is 0. The molecule has 2 N–H and O–H groups in total. The van der Waals surface area contributed by atoms with Gasteiger partial charge in [0, 0.05) is 36.4 Å². The monoisotopic (exact) mass is 580 g/mol. The van der Waals surface area contributed by atoms with Crippen molar-refractivity contribution in [2.24, 2.45) is 11.3 Å². The van der Waals surface area contributed by atoms with Gasteiger partial charge in [-0.3, -0.25) is 14.2 Å². The van der Waals surface area contributed by atoms with E-state index in [9.17, 15) is 31.5 Å². The molecule has 4 saturated carbocycles. The van der Waals surface area contributed by atoms with Crippen molar-refractivity contribution in [1.29, 1.82) is 0 Å². The van der Waals surface area contributed by atoms with E-state index in [-0.39, 0.29) is 48.2 Å². The first-order chi connectivity index (χ1) is 19.2. The number of aromatic nitrogens is 2. The number of carbonyl (C=O) groups excluding carboxylic acids is 1. The number of hydrogen-bond acceptors (Lipinski definition) is 4. The Bertz CT molecular complexity index is 1710. The van der Waals surface area contributed by atoms with Gasteiger partial charge < -0.3 is 10.6 Å². The van der Waals surface area contributed by atoms with Crippen molar-refractivity contribution in [3.63, 3.8) is 0 Å². The summed E-state index contributed by atoms with van der Waals surface area (Å²) in [7, 11) is 0. The van der Waals surface area contributed by atoms with Crippen LogP contribution in [0.15, 0.2) is 41.3 Å². The van der Waals surface area contributed by atoms with Crippen LogP contribution in [-0.2, 0) is 0 Å². The number of halogens is 7. The maximum atomic E-state index is 15.6. The van der Waals surface area contributed by atoms with E-state index in [1.807, 2.05) is 0 Å². The van der Waals surface area contributed by atoms with Crippen LogP contribution in [0.1, 0.15) is 48.9 Å². The molecule has 4 aliphatic carbocycles. The van der Waals surface area contributed by atoms with Gasteiger partial charge in [0.2, 0.25) is 5.43 Å². The molecule has 3 aromatic rings. The molecule has 6 nitrogen and oxygen atoms in total. The number of benzene rings is 1. The zero-order chi connectivity index (χ0) is 29.2. The lowest BCUT2D eigenvalue weighted by Gasteiger charge is -2.37. The second kappa shape index (κ2) is 8.01. The van der Waals surface area contributed by atoms with Gasteiger partial charge in [-0.05, 0) is 49.9 Å². The lowest BCUT2D eigenvalue weighted by Crippen LogP contribution is -2.50. The summed E-state index contributed by atoms with van der Waals surface area (Å²) in [6, 6.07) is 4.80. The third-order valence-corrected chi connectivity index (χ3v) is 9.61. The third kappa shape index (κ3) is 3.79. The van der Waals surface area contributed by atoms with Crippen molar-refractivity contribution in [1.82, 2.24) is 14.9 Å². The van der Waals surface area contributed by atoms with E-state index in [1.165, 1.54) is 0 Å². The number of nitrogens with zero attached hydrogens (tertiary/aromatic N) is 2. The Morgan fingerprint density at radius 1 is 1.07 bits per heavy atom. The number of alkyl halides is 5. The van der Waals surface area contributed by atoms with Crippen LogP contribution < -0.4 is 16.1 Å². The largest absolute Gasteiger partial charge is 0.405 e. The fourth-order valence-electron chi connectivity index (χ4n) is 8.03. The van der Waals surface area contributed by atoms with Crippen molar-refractivity contribution in [3.05, 3.63) is 63.9 Å². The molecule has 1 spiro atoms. The molecule has 41 heavy (non-hydrogen) atoms. The highest BCUT2D eigenvalue weighted by Gasteiger charge is 2.85. The molecule has 1 amide bonds. The van der Waals surface area contributed by atoms with Crippen LogP contribution in [-0.4, -0.2) is 45.1 Å². The van der Waals surface area contributed by atoms with Gasteiger partial charge in [-0.15, -0.1) is 0 Å². The maximum Gasteiger partial charge on any atom is 0.405 e. The predicted octanol–water partition coefficient (Wildman–Crippen LogP) is 5.52. The first-order valence-electron chi connectivity index (χ1n) is 13.2. The number of rotatable bonds is 5. The fourth-order valence-corrected chi connectivity index (χ4v) is 8.03. The molecule has 5 unspecified atom stereocenters. The number of carbonyl (C=O) groups is 1. The highest BCUT2D eigenvalue weighted by atomic mass is 19.4. The normalized spacial score (nSPS) is 33.1. The van der Waals surface area contributed by atoms with Crippen LogP contribution in [0.2, 0.25) is 0 Å². The van der Waals surface area contributed by atoms with Crippen LogP contribution in [0, 0.1) is 23.0 Å². The van der Waals surface area contributed by atoms with Crippen molar-refractivity contribution >= 4 is 22.8 Å². The number of pyridine rings is 2. The van der Waals surface area contributed by atoms with Crippen molar-refractivity contribution in [3.8, 4) is 5.69 Å². The van der Waals surface area contributed by atoms with Gasteiger partial charge in [0.25, 0.3) is 5.91 Å². The van der Waals surface area contributed by atoms with Crippen LogP contribution in [0.4, 0.5) is 36.6 Å². The minimum Gasteiger partial charge on any atom is -0.361 e. The van der Waals surface area contributed by atoms with Gasteiger partial charge in [0.15, 0.2) is 5.65 Å². The van der Waals surface area contributed by atoms with Crippen molar-refractivity contribution in [2.45, 2.75) is 61.6 Å². The Balaban J connectivity index is 1.31. The Morgan fingerprint density at radius 2 is 1.85 bits per heavy atom. The van der Waals surface area contributed by atoms with Gasteiger partial charge in [0.05, 0.1) is 16.6 Å². The summed E-state index contributed by atoms with van der Waals surface area (Å²) in [5.41, 5.74) is -6.88. The lowest BCUT2D eigenvalue weighted by molar-refractivity contribution is -0.115. The predicted molar refractivity (Wildman–Crippen MR) is 133 cm³/mol. The first kappa shape index (κ1) is 26.3. The second-order valence-corrected chi connectivity index (χ2v) is 12.0. The topological polar surface area (TPSA) is 76.0 Å². The number of fused-ring (bicyclic) bond motifs is 2. The number of anilines is 1. The zero-order valence-corrected chi connectivity index (χ0v) is 21.3.